The van der Waals surface area contributed by atoms with Crippen molar-refractivity contribution in [1.82, 2.24) is 0 Å². The molecule has 2 N–H and O–H groups in total. The summed E-state index contributed by atoms with van der Waals surface area (Å²) in [6.07, 6.45) is 0.555. The lowest BCUT2D eigenvalue weighted by atomic mass is 10.0. The number of rotatable bonds is 5. The van der Waals surface area contributed by atoms with E-state index in [0.717, 1.165) is 16.9 Å². The van der Waals surface area contributed by atoms with Crippen LogP contribution in [0.4, 0.5) is 11.4 Å². The summed E-state index contributed by atoms with van der Waals surface area (Å²) in [5, 5.41) is 12.3. The number of carbonyl (C=O) groups is 1. The maximum absolute atomic E-state index is 10.9. The third-order valence-corrected chi connectivity index (χ3v) is 3.71. The standard InChI is InChI=1S/C18H21NO2/c1-12-4-7-17(11-13(12)2)19-16-8-5-15(6-9-16)10-14(3)18(20)21/h4-9,11,14,19H,10H2,1-3H3,(H,20,21). The molecule has 0 aromatic heterocycles. The number of nitrogens with one attached hydrogen (secondary N) is 1. The van der Waals surface area contributed by atoms with Gasteiger partial charge in [-0.25, -0.2) is 0 Å². The van der Waals surface area contributed by atoms with E-state index >= 15 is 0 Å². The molecule has 2 aromatic rings. The van der Waals surface area contributed by atoms with Gasteiger partial charge in [0.25, 0.3) is 0 Å². The van der Waals surface area contributed by atoms with Gasteiger partial charge < -0.3 is 10.4 Å². The van der Waals surface area contributed by atoms with Crippen LogP contribution in [0.5, 0.6) is 0 Å². The summed E-state index contributed by atoms with van der Waals surface area (Å²) in [5.74, 6) is -1.11. The molecule has 3 nitrogen and oxygen atoms in total. The van der Waals surface area contributed by atoms with Crippen LogP contribution in [0, 0.1) is 19.8 Å². The van der Waals surface area contributed by atoms with Gasteiger partial charge in [-0.2, -0.15) is 0 Å². The van der Waals surface area contributed by atoms with E-state index < -0.39 is 5.97 Å². The van der Waals surface area contributed by atoms with Crippen LogP contribution < -0.4 is 5.32 Å². The minimum atomic E-state index is -0.757. The molecule has 2 aromatic carbocycles. The Morgan fingerprint density at radius 1 is 1.05 bits per heavy atom. The molecule has 0 spiro atoms. The van der Waals surface area contributed by atoms with Gasteiger partial charge in [0.1, 0.15) is 0 Å². The van der Waals surface area contributed by atoms with Gasteiger partial charge in [-0.1, -0.05) is 25.1 Å². The molecule has 0 aliphatic carbocycles. The molecule has 0 aliphatic heterocycles. The second-order valence-electron chi connectivity index (χ2n) is 5.56. The SMILES string of the molecule is Cc1ccc(Nc2ccc(CC(C)C(=O)O)cc2)cc1C. The molecule has 0 radical (unpaired) electrons. The molecule has 0 fully saturated rings. The van der Waals surface area contributed by atoms with Crippen molar-refractivity contribution in [1.29, 1.82) is 0 Å². The van der Waals surface area contributed by atoms with Gasteiger partial charge in [-0.05, 0) is 61.2 Å². The van der Waals surface area contributed by atoms with Crippen molar-refractivity contribution in [2.75, 3.05) is 5.32 Å². The van der Waals surface area contributed by atoms with E-state index in [1.165, 1.54) is 11.1 Å². The number of carboxylic acids is 1. The predicted molar refractivity (Wildman–Crippen MR) is 86.1 cm³/mol. The van der Waals surface area contributed by atoms with E-state index in [4.69, 9.17) is 5.11 Å². The minimum Gasteiger partial charge on any atom is -0.481 e. The highest BCUT2D eigenvalue weighted by Crippen LogP contribution is 2.20. The van der Waals surface area contributed by atoms with Crippen molar-refractivity contribution in [3.63, 3.8) is 0 Å². The van der Waals surface area contributed by atoms with E-state index in [-0.39, 0.29) is 5.92 Å². The first-order chi connectivity index (χ1) is 9.95. The lowest BCUT2D eigenvalue weighted by Gasteiger charge is -2.10. The zero-order valence-corrected chi connectivity index (χ0v) is 12.7. The topological polar surface area (TPSA) is 49.3 Å². The molecule has 0 heterocycles. The summed E-state index contributed by atoms with van der Waals surface area (Å²) in [6, 6.07) is 14.2. The molecule has 110 valence electrons. The van der Waals surface area contributed by atoms with Crippen molar-refractivity contribution >= 4 is 17.3 Å². The molecular weight excluding hydrogens is 262 g/mol. The van der Waals surface area contributed by atoms with E-state index in [0.29, 0.717) is 6.42 Å². The van der Waals surface area contributed by atoms with Crippen molar-refractivity contribution in [3.05, 3.63) is 59.2 Å². The summed E-state index contributed by atoms with van der Waals surface area (Å²) in [4.78, 5) is 10.9. The number of benzene rings is 2. The van der Waals surface area contributed by atoms with Gasteiger partial charge in [-0.15, -0.1) is 0 Å². The number of carboxylic acid groups (broad SMARTS) is 1. The first-order valence-electron chi connectivity index (χ1n) is 7.11. The van der Waals surface area contributed by atoms with Gasteiger partial charge in [0.15, 0.2) is 0 Å². The maximum atomic E-state index is 10.9. The van der Waals surface area contributed by atoms with Crippen LogP contribution in [0.1, 0.15) is 23.6 Å². The van der Waals surface area contributed by atoms with Crippen LogP contribution in [-0.2, 0) is 11.2 Å². The highest BCUT2D eigenvalue weighted by atomic mass is 16.4. The number of anilines is 2. The van der Waals surface area contributed by atoms with Gasteiger partial charge in [-0.3, -0.25) is 4.79 Å². The molecule has 0 saturated carbocycles. The molecule has 1 atom stereocenters. The van der Waals surface area contributed by atoms with Crippen LogP contribution in [0.15, 0.2) is 42.5 Å². The summed E-state index contributed by atoms with van der Waals surface area (Å²) < 4.78 is 0. The average Bonchev–Trinajstić information content (AvgIpc) is 2.45. The Labute approximate surface area is 125 Å². The Morgan fingerprint density at radius 3 is 2.24 bits per heavy atom. The first-order valence-corrected chi connectivity index (χ1v) is 7.11. The normalized spacial score (nSPS) is 12.0. The highest BCUT2D eigenvalue weighted by molar-refractivity contribution is 5.70. The van der Waals surface area contributed by atoms with E-state index in [1.807, 2.05) is 24.3 Å². The number of hydrogen-bond acceptors (Lipinski definition) is 2. The largest absolute Gasteiger partial charge is 0.481 e. The molecule has 0 amide bonds. The second-order valence-corrected chi connectivity index (χ2v) is 5.56. The first kappa shape index (κ1) is 15.1. The molecule has 21 heavy (non-hydrogen) atoms. The Kier molecular flexibility index (Phi) is 4.63. The number of aliphatic carboxylic acids is 1. The van der Waals surface area contributed by atoms with Crippen molar-refractivity contribution in [3.8, 4) is 0 Å². The zero-order valence-electron chi connectivity index (χ0n) is 12.7. The van der Waals surface area contributed by atoms with Crippen LogP contribution in [0.3, 0.4) is 0 Å². The average molecular weight is 283 g/mol. The lowest BCUT2D eigenvalue weighted by molar-refractivity contribution is -0.141. The number of aryl methyl sites for hydroxylation is 2. The second kappa shape index (κ2) is 6.44. The van der Waals surface area contributed by atoms with Gasteiger partial charge in [0.2, 0.25) is 0 Å². The van der Waals surface area contributed by atoms with E-state index in [1.54, 1.807) is 6.92 Å². The third-order valence-electron chi connectivity index (χ3n) is 3.71. The van der Waals surface area contributed by atoms with Crippen LogP contribution >= 0.6 is 0 Å². The Hall–Kier alpha value is -2.29. The van der Waals surface area contributed by atoms with Crippen LogP contribution in [0.25, 0.3) is 0 Å². The highest BCUT2D eigenvalue weighted by Gasteiger charge is 2.11. The smallest absolute Gasteiger partial charge is 0.306 e. The number of hydrogen-bond donors (Lipinski definition) is 2. The minimum absolute atomic E-state index is 0.358. The summed E-state index contributed by atoms with van der Waals surface area (Å²) in [7, 11) is 0. The lowest BCUT2D eigenvalue weighted by Crippen LogP contribution is -2.12. The zero-order chi connectivity index (χ0) is 15.4. The quantitative estimate of drug-likeness (QED) is 0.859. The molecule has 0 bridgehead atoms. The third kappa shape index (κ3) is 4.09. The van der Waals surface area contributed by atoms with Crippen molar-refractivity contribution in [2.45, 2.75) is 27.2 Å². The molecule has 3 heteroatoms. The maximum Gasteiger partial charge on any atom is 0.306 e. The Bertz CT molecular complexity index is 632. The van der Waals surface area contributed by atoms with Gasteiger partial charge in [0, 0.05) is 11.4 Å². The fourth-order valence-corrected chi connectivity index (χ4v) is 2.15. The monoisotopic (exact) mass is 283 g/mol. The fraction of sp³-hybridized carbons (Fsp3) is 0.278. The van der Waals surface area contributed by atoms with Gasteiger partial charge in [0.05, 0.1) is 5.92 Å². The van der Waals surface area contributed by atoms with E-state index in [2.05, 4.69) is 37.4 Å². The van der Waals surface area contributed by atoms with E-state index in [9.17, 15) is 4.79 Å². The van der Waals surface area contributed by atoms with Gasteiger partial charge >= 0.3 is 5.97 Å². The Balaban J connectivity index is 2.05. The summed E-state index contributed by atoms with van der Waals surface area (Å²) in [5.41, 5.74) is 5.63. The molecule has 1 unspecified atom stereocenters. The van der Waals surface area contributed by atoms with Crippen molar-refractivity contribution in [2.24, 2.45) is 5.92 Å². The summed E-state index contributed by atoms with van der Waals surface area (Å²) in [6.45, 7) is 5.91. The molecular formula is C18H21NO2. The molecule has 0 saturated heterocycles. The van der Waals surface area contributed by atoms with Crippen LogP contribution in [0.2, 0.25) is 0 Å². The Morgan fingerprint density at radius 2 is 1.67 bits per heavy atom. The van der Waals surface area contributed by atoms with Crippen LogP contribution in [-0.4, -0.2) is 11.1 Å². The van der Waals surface area contributed by atoms with Crippen molar-refractivity contribution < 1.29 is 9.90 Å². The molecule has 0 aliphatic rings. The predicted octanol–water partition coefficient (Wildman–Crippen LogP) is 4.31. The molecule has 2 rings (SSSR count). The summed E-state index contributed by atoms with van der Waals surface area (Å²) >= 11 is 0. The fourth-order valence-electron chi connectivity index (χ4n) is 2.15.